The summed E-state index contributed by atoms with van der Waals surface area (Å²) in [6, 6.07) is 13.4. The second-order valence-electron chi connectivity index (χ2n) is 10.3. The molecule has 214 valence electrons. The molecule has 2 aromatic rings. The molecule has 0 aromatic heterocycles. The minimum Gasteiger partial charge on any atom is -0.493 e. The molecule has 39 heavy (non-hydrogen) atoms. The Kier molecular flexibility index (Phi) is 11.1. The molecule has 0 saturated carbocycles. The third-order valence-corrected chi connectivity index (χ3v) is 7.53. The van der Waals surface area contributed by atoms with Crippen LogP contribution in [0.3, 0.4) is 0 Å². The lowest BCUT2D eigenvalue weighted by Crippen LogP contribution is -2.50. The Labute approximate surface area is 237 Å². The van der Waals surface area contributed by atoms with Gasteiger partial charge in [-0.1, -0.05) is 30.2 Å². The first-order chi connectivity index (χ1) is 19.0. The summed E-state index contributed by atoms with van der Waals surface area (Å²) in [4.78, 5) is 16.5. The van der Waals surface area contributed by atoms with Gasteiger partial charge in [-0.3, -0.25) is 9.69 Å². The number of carbonyl (C=O) groups is 1. The second kappa shape index (κ2) is 14.7. The number of ether oxygens (including phenoxy) is 5. The predicted molar refractivity (Wildman–Crippen MR) is 151 cm³/mol. The number of rotatable bonds is 12. The number of carbonyl (C=O) groups excluding carboxylic acids is 1. The van der Waals surface area contributed by atoms with Gasteiger partial charge in [-0.25, -0.2) is 0 Å². The number of amides is 1. The summed E-state index contributed by atoms with van der Waals surface area (Å²) in [6.07, 6.45) is 4.69. The van der Waals surface area contributed by atoms with Gasteiger partial charge in [0.25, 0.3) is 0 Å². The maximum atomic E-state index is 12.2. The van der Waals surface area contributed by atoms with Gasteiger partial charge in [0, 0.05) is 51.3 Å². The quantitative estimate of drug-likeness (QED) is 0.345. The molecule has 2 fully saturated rings. The summed E-state index contributed by atoms with van der Waals surface area (Å²) in [7, 11) is 3.36. The molecule has 0 unspecified atom stereocenters. The van der Waals surface area contributed by atoms with E-state index in [0.29, 0.717) is 68.2 Å². The standard InChI is InChI=1S/C30H41ClN2O6/c1-35-28-18-24(11-12-27(28)38-16-7-14-33-13-5-3-4-10-29(33)34)20-32-15-17-37-22-30(21-32,36-2)23-39-26-9-6-8-25(31)19-26/h6,8-9,11-12,18-19H,3-5,7,10,13-17,20-23H2,1-2H3/t30-/m1/s1. The monoisotopic (exact) mass is 560 g/mol. The van der Waals surface area contributed by atoms with E-state index in [0.717, 1.165) is 50.9 Å². The normalized spacial score (nSPS) is 20.8. The highest BCUT2D eigenvalue weighted by Gasteiger charge is 2.36. The molecule has 0 N–H and O–H groups in total. The van der Waals surface area contributed by atoms with E-state index in [1.165, 1.54) is 0 Å². The van der Waals surface area contributed by atoms with Crippen molar-refractivity contribution in [2.24, 2.45) is 0 Å². The molecule has 1 atom stereocenters. The van der Waals surface area contributed by atoms with Crippen LogP contribution in [0.4, 0.5) is 0 Å². The molecule has 4 rings (SSSR count). The second-order valence-corrected chi connectivity index (χ2v) is 10.7. The van der Waals surface area contributed by atoms with Crippen LogP contribution in [0, 0.1) is 0 Å². The van der Waals surface area contributed by atoms with E-state index in [1.807, 2.05) is 35.2 Å². The lowest BCUT2D eigenvalue weighted by molar-refractivity contribution is -0.130. The molecule has 1 amide bonds. The van der Waals surface area contributed by atoms with Crippen molar-refractivity contribution in [2.75, 3.05) is 66.8 Å². The maximum Gasteiger partial charge on any atom is 0.222 e. The van der Waals surface area contributed by atoms with E-state index < -0.39 is 5.60 Å². The van der Waals surface area contributed by atoms with Crippen LogP contribution in [-0.4, -0.2) is 88.1 Å². The number of halogens is 1. The number of likely N-dealkylation sites (tertiary alicyclic amines) is 1. The van der Waals surface area contributed by atoms with Crippen LogP contribution in [0.25, 0.3) is 0 Å². The first-order valence-corrected chi connectivity index (χ1v) is 14.2. The zero-order valence-corrected chi connectivity index (χ0v) is 23.9. The van der Waals surface area contributed by atoms with E-state index in [-0.39, 0.29) is 5.91 Å². The molecule has 2 aromatic carbocycles. The fourth-order valence-electron chi connectivity index (χ4n) is 5.06. The van der Waals surface area contributed by atoms with E-state index in [9.17, 15) is 4.79 Å². The number of hydrogen-bond donors (Lipinski definition) is 0. The van der Waals surface area contributed by atoms with Gasteiger partial charge in [0.15, 0.2) is 11.5 Å². The first kappa shape index (κ1) is 29.5. The summed E-state index contributed by atoms with van der Waals surface area (Å²) in [5, 5.41) is 0.631. The number of hydrogen-bond acceptors (Lipinski definition) is 7. The zero-order valence-electron chi connectivity index (χ0n) is 23.2. The highest BCUT2D eigenvalue weighted by molar-refractivity contribution is 6.30. The maximum absolute atomic E-state index is 12.2. The number of benzene rings is 2. The van der Waals surface area contributed by atoms with E-state index in [2.05, 4.69) is 11.0 Å². The van der Waals surface area contributed by atoms with Gasteiger partial charge in [0.2, 0.25) is 5.91 Å². The van der Waals surface area contributed by atoms with Crippen LogP contribution < -0.4 is 14.2 Å². The smallest absolute Gasteiger partial charge is 0.222 e. The van der Waals surface area contributed by atoms with Gasteiger partial charge < -0.3 is 28.6 Å². The molecule has 0 spiro atoms. The third-order valence-electron chi connectivity index (χ3n) is 7.30. The van der Waals surface area contributed by atoms with Gasteiger partial charge in [-0.2, -0.15) is 0 Å². The van der Waals surface area contributed by atoms with Gasteiger partial charge in [0.05, 0.1) is 26.9 Å². The van der Waals surface area contributed by atoms with Crippen molar-refractivity contribution >= 4 is 17.5 Å². The molecular formula is C30H41ClN2O6. The third kappa shape index (κ3) is 8.73. The predicted octanol–water partition coefficient (Wildman–Crippen LogP) is 4.82. The Hall–Kier alpha value is -2.52. The van der Waals surface area contributed by atoms with Crippen molar-refractivity contribution in [3.8, 4) is 17.2 Å². The van der Waals surface area contributed by atoms with Crippen LogP contribution in [0.1, 0.15) is 37.7 Å². The van der Waals surface area contributed by atoms with E-state index >= 15 is 0 Å². The van der Waals surface area contributed by atoms with Gasteiger partial charge in [0.1, 0.15) is 18.0 Å². The molecule has 9 heteroatoms. The summed E-state index contributed by atoms with van der Waals surface area (Å²) < 4.78 is 29.6. The molecule has 0 aliphatic carbocycles. The highest BCUT2D eigenvalue weighted by Crippen LogP contribution is 2.30. The summed E-state index contributed by atoms with van der Waals surface area (Å²) in [6.45, 7) is 5.66. The molecule has 2 aliphatic heterocycles. The minimum atomic E-state index is -0.610. The Morgan fingerprint density at radius 3 is 2.74 bits per heavy atom. The fraction of sp³-hybridized carbons (Fsp3) is 0.567. The van der Waals surface area contributed by atoms with Gasteiger partial charge in [-0.05, 0) is 55.2 Å². The molecule has 2 heterocycles. The Morgan fingerprint density at radius 2 is 1.92 bits per heavy atom. The molecule has 0 bridgehead atoms. The summed E-state index contributed by atoms with van der Waals surface area (Å²) >= 11 is 6.11. The molecule has 2 aliphatic rings. The Balaban J connectivity index is 1.32. The van der Waals surface area contributed by atoms with Crippen molar-refractivity contribution in [3.05, 3.63) is 53.1 Å². The number of nitrogens with zero attached hydrogens (tertiary/aromatic N) is 2. The average Bonchev–Trinajstić information content (AvgIpc) is 3.28. The summed E-state index contributed by atoms with van der Waals surface area (Å²) in [5.41, 5.74) is 0.498. The van der Waals surface area contributed by atoms with Crippen LogP contribution in [-0.2, 0) is 20.8 Å². The van der Waals surface area contributed by atoms with Crippen molar-refractivity contribution in [1.82, 2.24) is 9.80 Å². The summed E-state index contributed by atoms with van der Waals surface area (Å²) in [5.74, 6) is 2.38. The first-order valence-electron chi connectivity index (χ1n) is 13.8. The van der Waals surface area contributed by atoms with Crippen LogP contribution in [0.2, 0.25) is 5.02 Å². The topological polar surface area (TPSA) is 69.7 Å². The number of methoxy groups -OCH3 is 2. The Morgan fingerprint density at radius 1 is 1.03 bits per heavy atom. The highest BCUT2D eigenvalue weighted by atomic mass is 35.5. The SMILES string of the molecule is COc1cc(CN2CCOC[C@](COc3cccc(Cl)c3)(OC)C2)ccc1OCCCN1CCCCCC1=O. The van der Waals surface area contributed by atoms with Crippen molar-refractivity contribution in [2.45, 2.75) is 44.2 Å². The van der Waals surface area contributed by atoms with Gasteiger partial charge in [-0.15, -0.1) is 0 Å². The molecule has 2 saturated heterocycles. The molecule has 8 nitrogen and oxygen atoms in total. The minimum absolute atomic E-state index is 0.266. The van der Waals surface area contributed by atoms with Crippen LogP contribution >= 0.6 is 11.6 Å². The Bertz CT molecular complexity index is 1070. The molecular weight excluding hydrogens is 520 g/mol. The van der Waals surface area contributed by atoms with Crippen molar-refractivity contribution in [3.63, 3.8) is 0 Å². The van der Waals surface area contributed by atoms with E-state index in [4.69, 9.17) is 35.3 Å². The lowest BCUT2D eigenvalue weighted by atomic mass is 10.1. The lowest BCUT2D eigenvalue weighted by Gasteiger charge is -2.34. The van der Waals surface area contributed by atoms with Crippen LogP contribution in [0.15, 0.2) is 42.5 Å². The van der Waals surface area contributed by atoms with E-state index in [1.54, 1.807) is 20.3 Å². The molecule has 0 radical (unpaired) electrons. The van der Waals surface area contributed by atoms with Crippen molar-refractivity contribution in [1.29, 1.82) is 0 Å². The zero-order chi connectivity index (χ0) is 27.5. The average molecular weight is 561 g/mol. The fourth-order valence-corrected chi connectivity index (χ4v) is 5.24. The van der Waals surface area contributed by atoms with Crippen LogP contribution in [0.5, 0.6) is 17.2 Å². The largest absolute Gasteiger partial charge is 0.493 e. The van der Waals surface area contributed by atoms with Crippen molar-refractivity contribution < 1.29 is 28.5 Å². The van der Waals surface area contributed by atoms with Gasteiger partial charge >= 0.3 is 0 Å².